The summed E-state index contributed by atoms with van der Waals surface area (Å²) in [5, 5.41) is 5.91. The van der Waals surface area contributed by atoms with Crippen LogP contribution >= 0.6 is 34.8 Å². The molecule has 1 saturated carbocycles. The Morgan fingerprint density at radius 1 is 0.973 bits per heavy atom. The van der Waals surface area contributed by atoms with E-state index in [4.69, 9.17) is 48.8 Å². The van der Waals surface area contributed by atoms with Gasteiger partial charge in [-0.3, -0.25) is 4.79 Å². The van der Waals surface area contributed by atoms with Crippen molar-refractivity contribution in [2.24, 2.45) is 0 Å². The minimum Gasteiger partial charge on any atom is -0.489 e. The van der Waals surface area contributed by atoms with Crippen LogP contribution in [0.4, 0.5) is 0 Å². The van der Waals surface area contributed by atoms with Crippen LogP contribution in [0, 0.1) is 0 Å². The maximum Gasteiger partial charge on any atom is 0.298 e. The fourth-order valence-electron chi connectivity index (χ4n) is 4.67. The number of carbonyl (C=O) groups excluding carboxylic acids is 1. The second-order valence-electron chi connectivity index (χ2n) is 9.33. The molecule has 0 spiro atoms. The van der Waals surface area contributed by atoms with E-state index < -0.39 is 0 Å². The van der Waals surface area contributed by atoms with Gasteiger partial charge in [0.25, 0.3) is 6.47 Å². The highest BCUT2D eigenvalue weighted by Gasteiger charge is 2.40. The molecule has 2 atom stereocenters. The van der Waals surface area contributed by atoms with Gasteiger partial charge in [-0.05, 0) is 65.8 Å². The van der Waals surface area contributed by atoms with Crippen LogP contribution in [0.3, 0.4) is 0 Å². The third-order valence-corrected chi connectivity index (χ3v) is 7.52. The third kappa shape index (κ3) is 5.35. The summed E-state index contributed by atoms with van der Waals surface area (Å²) in [5.41, 5.74) is 4.18. The lowest BCUT2D eigenvalue weighted by Crippen LogP contribution is -2.01. The van der Waals surface area contributed by atoms with E-state index in [-0.39, 0.29) is 12.5 Å². The van der Waals surface area contributed by atoms with E-state index in [2.05, 4.69) is 5.16 Å². The van der Waals surface area contributed by atoms with E-state index in [1.165, 1.54) is 0 Å². The number of hydrogen-bond donors (Lipinski definition) is 0. The second kappa shape index (κ2) is 10.8. The molecule has 3 aromatic carbocycles. The summed E-state index contributed by atoms with van der Waals surface area (Å²) in [7, 11) is 0. The molecule has 2 unspecified atom stereocenters. The first-order chi connectivity index (χ1) is 17.9. The Kier molecular flexibility index (Phi) is 7.47. The maximum atomic E-state index is 10.7. The Hall–Kier alpha value is -2.99. The van der Waals surface area contributed by atoms with Crippen LogP contribution in [0.1, 0.15) is 60.5 Å². The van der Waals surface area contributed by atoms with Crippen molar-refractivity contribution >= 4 is 41.3 Å². The lowest BCUT2D eigenvalue weighted by Gasteiger charge is -2.12. The molecule has 1 aliphatic rings. The molecule has 0 radical (unpaired) electrons. The van der Waals surface area contributed by atoms with Crippen LogP contribution in [0.5, 0.6) is 11.5 Å². The first-order valence-corrected chi connectivity index (χ1v) is 13.1. The Balaban J connectivity index is 1.34. The van der Waals surface area contributed by atoms with Crippen molar-refractivity contribution in [3.8, 4) is 22.8 Å². The SMILES string of the molecule is CC(C)c1onc(-c2c(Cl)cccc2Cl)c1COc1ccc(C2CC2c2cccc(OC=O)c2)c(Cl)c1. The average Bonchev–Trinajstić information content (AvgIpc) is 3.55. The molecule has 1 fully saturated rings. The van der Waals surface area contributed by atoms with Gasteiger partial charge in [0.05, 0.1) is 15.6 Å². The molecule has 0 amide bonds. The van der Waals surface area contributed by atoms with E-state index in [9.17, 15) is 4.79 Å². The molecule has 0 N–H and O–H groups in total. The van der Waals surface area contributed by atoms with Crippen molar-refractivity contribution in [2.75, 3.05) is 0 Å². The van der Waals surface area contributed by atoms with Crippen LogP contribution < -0.4 is 9.47 Å². The molecule has 37 heavy (non-hydrogen) atoms. The van der Waals surface area contributed by atoms with Crippen molar-refractivity contribution in [3.63, 3.8) is 0 Å². The first-order valence-electron chi connectivity index (χ1n) is 11.9. The summed E-state index contributed by atoms with van der Waals surface area (Å²) < 4.78 is 16.8. The molecule has 0 bridgehead atoms. The van der Waals surface area contributed by atoms with Gasteiger partial charge in [0.2, 0.25) is 0 Å². The molecule has 0 aliphatic heterocycles. The smallest absolute Gasteiger partial charge is 0.298 e. The largest absolute Gasteiger partial charge is 0.489 e. The molecule has 0 saturated heterocycles. The predicted molar refractivity (Wildman–Crippen MR) is 145 cm³/mol. The average molecular weight is 557 g/mol. The van der Waals surface area contributed by atoms with Crippen molar-refractivity contribution in [2.45, 2.75) is 44.6 Å². The maximum absolute atomic E-state index is 10.7. The normalized spacial score (nSPS) is 16.6. The number of benzene rings is 3. The van der Waals surface area contributed by atoms with Crippen molar-refractivity contribution in [1.82, 2.24) is 5.16 Å². The van der Waals surface area contributed by atoms with Gasteiger partial charge in [-0.15, -0.1) is 0 Å². The first kappa shape index (κ1) is 25.7. The topological polar surface area (TPSA) is 61.6 Å². The lowest BCUT2D eigenvalue weighted by molar-refractivity contribution is -0.120. The Morgan fingerprint density at radius 3 is 2.43 bits per heavy atom. The number of halogens is 3. The van der Waals surface area contributed by atoms with Crippen LogP contribution in [0.2, 0.25) is 15.1 Å². The number of rotatable bonds is 9. The minimum absolute atomic E-state index is 0.0920. The molecular formula is C29H24Cl3NO4. The number of carbonyl (C=O) groups is 1. The Morgan fingerprint density at radius 2 is 1.73 bits per heavy atom. The molecule has 190 valence electrons. The third-order valence-electron chi connectivity index (χ3n) is 6.56. The Labute approximate surface area is 230 Å². The van der Waals surface area contributed by atoms with Crippen molar-refractivity contribution in [1.29, 1.82) is 0 Å². The summed E-state index contributed by atoms with van der Waals surface area (Å²) in [6.45, 7) is 4.72. The second-order valence-corrected chi connectivity index (χ2v) is 10.6. The fourth-order valence-corrected chi connectivity index (χ4v) is 5.56. The number of ether oxygens (including phenoxy) is 2. The highest BCUT2D eigenvalue weighted by molar-refractivity contribution is 6.39. The monoisotopic (exact) mass is 555 g/mol. The van der Waals surface area contributed by atoms with Crippen LogP contribution in [-0.2, 0) is 11.4 Å². The van der Waals surface area contributed by atoms with Gasteiger partial charge in [0, 0.05) is 16.5 Å². The van der Waals surface area contributed by atoms with Gasteiger partial charge >= 0.3 is 0 Å². The summed E-state index contributed by atoms with van der Waals surface area (Å²) in [4.78, 5) is 10.7. The number of nitrogens with zero attached hydrogens (tertiary/aromatic N) is 1. The van der Waals surface area contributed by atoms with E-state index in [1.807, 2.05) is 50.2 Å². The van der Waals surface area contributed by atoms with Crippen molar-refractivity contribution < 1.29 is 18.8 Å². The summed E-state index contributed by atoms with van der Waals surface area (Å²) >= 11 is 19.6. The van der Waals surface area contributed by atoms with Crippen molar-refractivity contribution in [3.05, 3.63) is 98.2 Å². The van der Waals surface area contributed by atoms with Gasteiger partial charge in [0.1, 0.15) is 29.6 Å². The zero-order chi connectivity index (χ0) is 26.1. The molecular weight excluding hydrogens is 533 g/mol. The molecule has 5 rings (SSSR count). The Bertz CT molecular complexity index is 1430. The van der Waals surface area contributed by atoms with Crippen LogP contribution in [0.25, 0.3) is 11.3 Å². The molecule has 8 heteroatoms. The van der Waals surface area contributed by atoms with E-state index >= 15 is 0 Å². The predicted octanol–water partition coefficient (Wildman–Crippen LogP) is 8.81. The van der Waals surface area contributed by atoms with Gasteiger partial charge in [-0.1, -0.05) is 78.1 Å². The quantitative estimate of drug-likeness (QED) is 0.193. The fraction of sp³-hybridized carbons (Fsp3) is 0.241. The van der Waals surface area contributed by atoms with Gasteiger partial charge in [0.15, 0.2) is 0 Å². The summed E-state index contributed by atoms with van der Waals surface area (Å²) in [6, 6.07) is 18.7. The lowest BCUT2D eigenvalue weighted by atomic mass is 10.0. The summed E-state index contributed by atoms with van der Waals surface area (Å²) in [6.07, 6.45) is 0.977. The van der Waals surface area contributed by atoms with Crippen LogP contribution in [-0.4, -0.2) is 11.6 Å². The van der Waals surface area contributed by atoms with Gasteiger partial charge < -0.3 is 14.0 Å². The van der Waals surface area contributed by atoms with Gasteiger partial charge in [-0.2, -0.15) is 0 Å². The van der Waals surface area contributed by atoms with Crippen LogP contribution in [0.15, 0.2) is 65.2 Å². The number of hydrogen-bond acceptors (Lipinski definition) is 5. The molecule has 1 aliphatic carbocycles. The van der Waals surface area contributed by atoms with Gasteiger partial charge in [-0.25, -0.2) is 0 Å². The standard InChI is InChI=1S/C29H24Cl3NO4/c1-16(2)29-23(28(33-37-29)27-24(30)7-4-8-25(27)31)14-35-19-9-10-20(26(32)12-19)22-13-21(22)17-5-3-6-18(11-17)36-15-34/h3-12,15-16,21-22H,13-14H2,1-2H3. The zero-order valence-corrected chi connectivity index (χ0v) is 22.5. The molecule has 1 aromatic heterocycles. The van der Waals surface area contributed by atoms with E-state index in [1.54, 1.807) is 24.3 Å². The molecule has 1 heterocycles. The van der Waals surface area contributed by atoms with E-state index in [0.717, 1.165) is 28.9 Å². The highest BCUT2D eigenvalue weighted by atomic mass is 35.5. The summed E-state index contributed by atoms with van der Waals surface area (Å²) in [5.74, 6) is 2.62. The molecule has 5 nitrogen and oxygen atoms in total. The minimum atomic E-state index is 0.0920. The zero-order valence-electron chi connectivity index (χ0n) is 20.2. The van der Waals surface area contributed by atoms with E-state index in [0.29, 0.717) is 56.1 Å². The highest BCUT2D eigenvalue weighted by Crippen LogP contribution is 2.56. The molecule has 4 aromatic rings. The number of aromatic nitrogens is 1.